The van der Waals surface area contributed by atoms with Gasteiger partial charge in [0.2, 0.25) is 0 Å². The van der Waals surface area contributed by atoms with Gasteiger partial charge in [-0.1, -0.05) is 0 Å². The number of benzene rings is 1. The van der Waals surface area contributed by atoms with E-state index in [1.54, 1.807) is 10.8 Å². The van der Waals surface area contributed by atoms with Gasteiger partial charge in [0.15, 0.2) is 5.78 Å². The number of fused-ring (bicyclic) bond motifs is 1. The van der Waals surface area contributed by atoms with Crippen LogP contribution in [0, 0.1) is 15.9 Å². The molecule has 0 atom stereocenters. The Bertz CT molecular complexity index is 737. The van der Waals surface area contributed by atoms with Gasteiger partial charge in [-0.05, 0) is 30.0 Å². The van der Waals surface area contributed by atoms with Gasteiger partial charge in [-0.25, -0.2) is 4.39 Å². The molecule has 0 spiro atoms. The highest BCUT2D eigenvalue weighted by Crippen LogP contribution is 2.23. The van der Waals surface area contributed by atoms with Crippen molar-refractivity contribution in [3.8, 4) is 0 Å². The van der Waals surface area contributed by atoms with E-state index in [1.165, 1.54) is 12.1 Å². The number of hydrogen-bond acceptors (Lipinski definition) is 3. The summed E-state index contributed by atoms with van der Waals surface area (Å²) in [4.78, 5) is 21.9. The third kappa shape index (κ3) is 2.69. The molecule has 5 nitrogen and oxygen atoms in total. The molecule has 0 aliphatic heterocycles. The van der Waals surface area contributed by atoms with Crippen LogP contribution in [0.2, 0.25) is 0 Å². The van der Waals surface area contributed by atoms with E-state index in [2.05, 4.69) is 0 Å². The lowest BCUT2D eigenvalue weighted by Gasteiger charge is -2.07. The largest absolute Gasteiger partial charge is 0.349 e. The molecule has 1 aromatic carbocycles. The summed E-state index contributed by atoms with van der Waals surface area (Å²) in [6.07, 6.45) is 5.87. The highest BCUT2D eigenvalue weighted by Gasteiger charge is 2.19. The number of hydrogen-bond donors (Lipinski definition) is 0. The zero-order valence-electron chi connectivity index (χ0n) is 11.2. The van der Waals surface area contributed by atoms with Crippen LogP contribution in [-0.4, -0.2) is 15.3 Å². The van der Waals surface area contributed by atoms with E-state index in [4.69, 9.17) is 0 Å². The molecular weight excluding hydrogens is 275 g/mol. The van der Waals surface area contributed by atoms with E-state index in [0.717, 1.165) is 24.5 Å². The average Bonchev–Trinajstić information content (AvgIpc) is 2.82. The second-order valence-electron chi connectivity index (χ2n) is 5.22. The number of halogens is 1. The quantitative estimate of drug-likeness (QED) is 0.644. The van der Waals surface area contributed by atoms with Gasteiger partial charge in [0.05, 0.1) is 11.0 Å². The lowest BCUT2D eigenvalue weighted by atomic mass is 9.95. The number of nitro groups is 1. The van der Waals surface area contributed by atoms with Gasteiger partial charge in [-0.15, -0.1) is 0 Å². The first-order valence-electron chi connectivity index (χ1n) is 6.68. The Labute approximate surface area is 120 Å². The normalized spacial score (nSPS) is 14.0. The first-order chi connectivity index (χ1) is 10.0. The van der Waals surface area contributed by atoms with E-state index < -0.39 is 10.7 Å². The number of rotatable bonds is 3. The Morgan fingerprint density at radius 3 is 2.76 bits per heavy atom. The molecule has 108 valence electrons. The molecule has 1 heterocycles. The summed E-state index contributed by atoms with van der Waals surface area (Å²) in [5, 5.41) is 10.7. The van der Waals surface area contributed by atoms with Gasteiger partial charge in [-0.2, -0.15) is 0 Å². The summed E-state index contributed by atoms with van der Waals surface area (Å²) in [5.41, 5.74) is 1.95. The van der Waals surface area contributed by atoms with Crippen molar-refractivity contribution in [3.63, 3.8) is 0 Å². The highest BCUT2D eigenvalue weighted by molar-refractivity contribution is 5.98. The van der Waals surface area contributed by atoms with E-state index in [1.807, 2.05) is 6.20 Å². The van der Waals surface area contributed by atoms with Crippen molar-refractivity contribution in [1.29, 1.82) is 0 Å². The van der Waals surface area contributed by atoms with Crippen molar-refractivity contribution >= 4 is 11.5 Å². The predicted octanol–water partition coefficient (Wildman–Crippen LogP) is 3.10. The standard InChI is InChI=1S/C15H13FN2O3/c16-12-4-10(5-13(6-12)18(20)21)7-17-8-11-2-1-3-15(19)14(11)9-17/h4-6,8-9H,1-3,7H2. The summed E-state index contributed by atoms with van der Waals surface area (Å²) in [6.45, 7) is 0.304. The minimum absolute atomic E-state index is 0.125. The predicted molar refractivity (Wildman–Crippen MR) is 73.9 cm³/mol. The lowest BCUT2D eigenvalue weighted by Crippen LogP contribution is -2.07. The van der Waals surface area contributed by atoms with Crippen LogP contribution < -0.4 is 0 Å². The van der Waals surface area contributed by atoms with Crippen LogP contribution in [0.1, 0.15) is 34.3 Å². The van der Waals surface area contributed by atoms with Crippen molar-refractivity contribution in [3.05, 3.63) is 63.2 Å². The lowest BCUT2D eigenvalue weighted by molar-refractivity contribution is -0.385. The monoisotopic (exact) mass is 288 g/mol. The van der Waals surface area contributed by atoms with Gasteiger partial charge in [0.1, 0.15) is 5.82 Å². The molecule has 6 heteroatoms. The number of ketones is 1. The number of aromatic nitrogens is 1. The van der Waals surface area contributed by atoms with E-state index in [9.17, 15) is 19.3 Å². The molecule has 0 saturated carbocycles. The summed E-state index contributed by atoms with van der Waals surface area (Å²) in [5.74, 6) is -0.507. The number of carbonyl (C=O) groups excluding carboxylic acids is 1. The van der Waals surface area contributed by atoms with Gasteiger partial charge in [-0.3, -0.25) is 14.9 Å². The molecule has 1 aromatic heterocycles. The van der Waals surface area contributed by atoms with E-state index >= 15 is 0 Å². The number of carbonyl (C=O) groups is 1. The second kappa shape index (κ2) is 5.12. The Kier molecular flexibility index (Phi) is 3.29. The van der Waals surface area contributed by atoms with Crippen LogP contribution in [0.5, 0.6) is 0 Å². The minimum atomic E-state index is -0.632. The molecule has 2 aromatic rings. The number of nitrogens with zero attached hydrogens (tertiary/aromatic N) is 2. The SMILES string of the molecule is O=C1CCCc2cn(Cc3cc(F)cc([N+](=O)[O-])c3)cc21. The molecule has 0 radical (unpaired) electrons. The maximum absolute atomic E-state index is 13.4. The number of Topliss-reactive ketones (excluding diaryl/α,β-unsaturated/α-hetero) is 1. The van der Waals surface area contributed by atoms with Crippen LogP contribution in [0.3, 0.4) is 0 Å². The van der Waals surface area contributed by atoms with Crippen molar-refractivity contribution in [2.24, 2.45) is 0 Å². The van der Waals surface area contributed by atoms with Gasteiger partial charge >= 0.3 is 0 Å². The molecule has 1 aliphatic rings. The topological polar surface area (TPSA) is 65.1 Å². The Hall–Kier alpha value is -2.50. The van der Waals surface area contributed by atoms with Crippen molar-refractivity contribution in [2.45, 2.75) is 25.8 Å². The summed E-state index contributed by atoms with van der Waals surface area (Å²) >= 11 is 0. The smallest absolute Gasteiger partial charge is 0.272 e. The molecule has 0 N–H and O–H groups in total. The minimum Gasteiger partial charge on any atom is -0.349 e. The molecule has 3 rings (SSSR count). The highest BCUT2D eigenvalue weighted by atomic mass is 19.1. The Morgan fingerprint density at radius 1 is 1.24 bits per heavy atom. The molecule has 0 saturated heterocycles. The molecule has 0 fully saturated rings. The molecule has 1 aliphatic carbocycles. The zero-order valence-corrected chi connectivity index (χ0v) is 11.2. The molecule has 21 heavy (non-hydrogen) atoms. The number of nitro benzene ring substituents is 1. The molecule has 0 bridgehead atoms. The van der Waals surface area contributed by atoms with Gasteiger partial charge in [0, 0.05) is 37.0 Å². The van der Waals surface area contributed by atoms with Crippen LogP contribution in [0.4, 0.5) is 10.1 Å². The van der Waals surface area contributed by atoms with Crippen LogP contribution >= 0.6 is 0 Å². The first-order valence-corrected chi connectivity index (χ1v) is 6.68. The zero-order chi connectivity index (χ0) is 15.0. The van der Waals surface area contributed by atoms with E-state index in [0.29, 0.717) is 24.1 Å². The fraction of sp³-hybridized carbons (Fsp3) is 0.267. The maximum atomic E-state index is 13.4. The van der Waals surface area contributed by atoms with Crippen LogP contribution in [0.25, 0.3) is 0 Å². The molecule has 0 amide bonds. The van der Waals surface area contributed by atoms with Crippen molar-refractivity contribution in [2.75, 3.05) is 0 Å². The first kappa shape index (κ1) is 13.5. The molecular formula is C15H13FN2O3. The third-order valence-corrected chi connectivity index (χ3v) is 3.63. The van der Waals surface area contributed by atoms with Gasteiger partial charge < -0.3 is 4.57 Å². The average molecular weight is 288 g/mol. The Morgan fingerprint density at radius 2 is 2.05 bits per heavy atom. The molecule has 0 unspecified atom stereocenters. The third-order valence-electron chi connectivity index (χ3n) is 3.63. The Balaban J connectivity index is 1.90. The van der Waals surface area contributed by atoms with Gasteiger partial charge in [0.25, 0.3) is 5.69 Å². The van der Waals surface area contributed by atoms with Crippen LogP contribution in [-0.2, 0) is 13.0 Å². The fourth-order valence-corrected chi connectivity index (χ4v) is 2.71. The van der Waals surface area contributed by atoms with E-state index in [-0.39, 0.29) is 11.5 Å². The summed E-state index contributed by atoms with van der Waals surface area (Å²) in [7, 11) is 0. The summed E-state index contributed by atoms with van der Waals surface area (Å²) in [6, 6.07) is 3.52. The number of non-ortho nitro benzene ring substituents is 1. The maximum Gasteiger partial charge on any atom is 0.272 e. The van der Waals surface area contributed by atoms with Crippen LogP contribution in [0.15, 0.2) is 30.6 Å². The van der Waals surface area contributed by atoms with Crippen molar-refractivity contribution in [1.82, 2.24) is 4.57 Å². The second-order valence-corrected chi connectivity index (χ2v) is 5.22. The van der Waals surface area contributed by atoms with Crippen molar-refractivity contribution < 1.29 is 14.1 Å². The summed E-state index contributed by atoms with van der Waals surface area (Å²) < 4.78 is 15.2. The number of aryl methyl sites for hydroxylation is 1. The fourth-order valence-electron chi connectivity index (χ4n) is 2.71.